The van der Waals surface area contributed by atoms with E-state index in [1.54, 1.807) is 13.4 Å². The zero-order valence-corrected chi connectivity index (χ0v) is 16.2. The first-order valence-corrected chi connectivity index (χ1v) is 9.40. The molecule has 1 N–H and O–H groups in total. The molecule has 0 saturated heterocycles. The van der Waals surface area contributed by atoms with Gasteiger partial charge in [0, 0.05) is 13.1 Å². The molecule has 5 nitrogen and oxygen atoms in total. The quantitative estimate of drug-likeness (QED) is 0.546. The Bertz CT molecular complexity index is 804. The third kappa shape index (κ3) is 6.53. The minimum Gasteiger partial charge on any atom is -0.497 e. The third-order valence-corrected chi connectivity index (χ3v) is 4.39. The number of rotatable bonds is 11. The largest absolute Gasteiger partial charge is 0.497 e. The van der Waals surface area contributed by atoms with E-state index in [1.807, 2.05) is 60.7 Å². The van der Waals surface area contributed by atoms with Gasteiger partial charge in [0.1, 0.15) is 11.5 Å². The summed E-state index contributed by atoms with van der Waals surface area (Å²) in [5.74, 6) is 1.68. The van der Waals surface area contributed by atoms with Gasteiger partial charge in [0.05, 0.1) is 39.2 Å². The van der Waals surface area contributed by atoms with Crippen LogP contribution in [-0.4, -0.2) is 36.4 Å². The molecule has 0 aliphatic heterocycles. The molecule has 3 rings (SSSR count). The highest BCUT2D eigenvalue weighted by molar-refractivity contribution is 5.28. The molecule has 0 fully saturated rings. The Morgan fingerprint density at radius 2 is 1.79 bits per heavy atom. The molecule has 1 aromatic heterocycles. The highest BCUT2D eigenvalue weighted by Crippen LogP contribution is 2.16. The first kappa shape index (κ1) is 20.1. The lowest BCUT2D eigenvalue weighted by molar-refractivity contribution is 0.00613. The highest BCUT2D eigenvalue weighted by atomic mass is 16.5. The van der Waals surface area contributed by atoms with E-state index < -0.39 is 6.10 Å². The van der Waals surface area contributed by atoms with Gasteiger partial charge in [-0.2, -0.15) is 0 Å². The number of nitrogens with zero attached hydrogens (tertiary/aromatic N) is 1. The summed E-state index contributed by atoms with van der Waals surface area (Å²) >= 11 is 0. The average molecular weight is 381 g/mol. The first-order chi connectivity index (χ1) is 13.7. The summed E-state index contributed by atoms with van der Waals surface area (Å²) in [5, 5.41) is 10.5. The second kappa shape index (κ2) is 10.7. The Morgan fingerprint density at radius 1 is 0.964 bits per heavy atom. The van der Waals surface area contributed by atoms with Gasteiger partial charge in [-0.3, -0.25) is 4.90 Å². The van der Waals surface area contributed by atoms with Crippen molar-refractivity contribution < 1.29 is 19.0 Å². The molecule has 1 atom stereocenters. The summed E-state index contributed by atoms with van der Waals surface area (Å²) in [6, 6.07) is 21.7. The minimum atomic E-state index is -0.593. The van der Waals surface area contributed by atoms with Crippen molar-refractivity contribution in [3.8, 4) is 5.75 Å². The van der Waals surface area contributed by atoms with Crippen LogP contribution in [0.1, 0.15) is 16.9 Å². The molecule has 0 aliphatic carbocycles. The van der Waals surface area contributed by atoms with Gasteiger partial charge >= 0.3 is 0 Å². The van der Waals surface area contributed by atoms with Crippen molar-refractivity contribution >= 4 is 0 Å². The SMILES string of the molecule is COc1cccc(CN(Cc2ccco2)C[C@H](O)COCc2ccccc2)c1. The second-order valence-electron chi connectivity index (χ2n) is 6.76. The molecule has 5 heteroatoms. The summed E-state index contributed by atoms with van der Waals surface area (Å²) in [5.41, 5.74) is 2.21. The van der Waals surface area contributed by atoms with Crippen LogP contribution in [0.5, 0.6) is 5.75 Å². The molecule has 0 bridgehead atoms. The first-order valence-electron chi connectivity index (χ1n) is 9.40. The lowest BCUT2D eigenvalue weighted by atomic mass is 10.2. The van der Waals surface area contributed by atoms with E-state index in [2.05, 4.69) is 11.0 Å². The van der Waals surface area contributed by atoms with Crippen molar-refractivity contribution in [3.63, 3.8) is 0 Å². The Labute approximate surface area is 166 Å². The number of hydrogen-bond acceptors (Lipinski definition) is 5. The monoisotopic (exact) mass is 381 g/mol. The van der Waals surface area contributed by atoms with Gasteiger partial charge < -0.3 is 19.0 Å². The maximum atomic E-state index is 10.5. The minimum absolute atomic E-state index is 0.279. The second-order valence-corrected chi connectivity index (χ2v) is 6.76. The third-order valence-electron chi connectivity index (χ3n) is 4.39. The molecule has 0 radical (unpaired) electrons. The number of methoxy groups -OCH3 is 1. The standard InChI is InChI=1S/C23H27NO4/c1-26-22-10-5-9-20(13-22)14-24(16-23-11-6-12-28-23)15-21(25)18-27-17-19-7-3-2-4-8-19/h2-13,21,25H,14-18H2,1H3/t21-/m0/s1. The summed E-state index contributed by atoms with van der Waals surface area (Å²) in [7, 11) is 1.66. The maximum absolute atomic E-state index is 10.5. The molecule has 0 unspecified atom stereocenters. The van der Waals surface area contributed by atoms with Crippen LogP contribution < -0.4 is 4.74 Å². The maximum Gasteiger partial charge on any atom is 0.119 e. The number of furan rings is 1. The molecule has 148 valence electrons. The smallest absolute Gasteiger partial charge is 0.119 e. The Kier molecular flexibility index (Phi) is 7.67. The summed E-state index contributed by atoms with van der Waals surface area (Å²) < 4.78 is 16.5. The Balaban J connectivity index is 1.56. The normalized spacial score (nSPS) is 12.2. The Hall–Kier alpha value is -2.60. The molecule has 0 saturated carbocycles. The molecule has 3 aromatic rings. The van der Waals surface area contributed by atoms with Gasteiger partial charge in [0.25, 0.3) is 0 Å². The van der Waals surface area contributed by atoms with Crippen LogP contribution in [0.15, 0.2) is 77.4 Å². The Morgan fingerprint density at radius 3 is 2.54 bits per heavy atom. The zero-order chi connectivity index (χ0) is 19.6. The van der Waals surface area contributed by atoms with Crippen LogP contribution in [0.25, 0.3) is 0 Å². The van der Waals surface area contributed by atoms with E-state index in [0.29, 0.717) is 26.2 Å². The summed E-state index contributed by atoms with van der Waals surface area (Å²) in [6.45, 7) is 2.54. The average Bonchev–Trinajstić information content (AvgIpc) is 3.22. The molecular formula is C23H27NO4. The van der Waals surface area contributed by atoms with Crippen LogP contribution in [0.2, 0.25) is 0 Å². The molecule has 1 heterocycles. The fourth-order valence-electron chi connectivity index (χ4n) is 3.07. The molecule has 28 heavy (non-hydrogen) atoms. The van der Waals surface area contributed by atoms with E-state index in [-0.39, 0.29) is 6.61 Å². The van der Waals surface area contributed by atoms with E-state index in [0.717, 1.165) is 22.6 Å². The zero-order valence-electron chi connectivity index (χ0n) is 16.2. The van der Waals surface area contributed by atoms with Crippen molar-refractivity contribution in [1.29, 1.82) is 0 Å². The van der Waals surface area contributed by atoms with Gasteiger partial charge in [-0.15, -0.1) is 0 Å². The highest BCUT2D eigenvalue weighted by Gasteiger charge is 2.15. The van der Waals surface area contributed by atoms with E-state index in [9.17, 15) is 5.11 Å². The predicted octanol–water partition coefficient (Wildman–Crippen LogP) is 3.87. The van der Waals surface area contributed by atoms with Crippen LogP contribution in [0, 0.1) is 0 Å². The van der Waals surface area contributed by atoms with Crippen molar-refractivity contribution in [2.24, 2.45) is 0 Å². The number of ether oxygens (including phenoxy) is 2. The molecule has 0 amide bonds. The summed E-state index contributed by atoms with van der Waals surface area (Å²) in [6.07, 6.45) is 1.07. The molecular weight excluding hydrogens is 354 g/mol. The van der Waals surface area contributed by atoms with Gasteiger partial charge in [-0.05, 0) is 35.4 Å². The van der Waals surface area contributed by atoms with E-state index >= 15 is 0 Å². The number of aliphatic hydroxyl groups excluding tert-OH is 1. The number of hydrogen-bond donors (Lipinski definition) is 1. The predicted molar refractivity (Wildman–Crippen MR) is 108 cm³/mol. The van der Waals surface area contributed by atoms with Gasteiger partial charge in [0.2, 0.25) is 0 Å². The van der Waals surface area contributed by atoms with Crippen LogP contribution in [-0.2, 0) is 24.4 Å². The topological polar surface area (TPSA) is 55.1 Å². The lowest BCUT2D eigenvalue weighted by Gasteiger charge is -2.24. The van der Waals surface area contributed by atoms with Gasteiger partial charge in [-0.1, -0.05) is 42.5 Å². The van der Waals surface area contributed by atoms with Crippen LogP contribution in [0.4, 0.5) is 0 Å². The number of aliphatic hydroxyl groups is 1. The molecule has 2 aromatic carbocycles. The van der Waals surface area contributed by atoms with Crippen LogP contribution >= 0.6 is 0 Å². The van der Waals surface area contributed by atoms with Gasteiger partial charge in [0.15, 0.2) is 0 Å². The fraction of sp³-hybridized carbons (Fsp3) is 0.304. The molecule has 0 aliphatic rings. The van der Waals surface area contributed by atoms with Crippen LogP contribution in [0.3, 0.4) is 0 Å². The number of benzene rings is 2. The van der Waals surface area contributed by atoms with Gasteiger partial charge in [-0.25, -0.2) is 0 Å². The van der Waals surface area contributed by atoms with Crippen molar-refractivity contribution in [1.82, 2.24) is 4.90 Å². The van der Waals surface area contributed by atoms with Crippen molar-refractivity contribution in [2.75, 3.05) is 20.3 Å². The van der Waals surface area contributed by atoms with Crippen molar-refractivity contribution in [3.05, 3.63) is 89.9 Å². The van der Waals surface area contributed by atoms with Crippen molar-refractivity contribution in [2.45, 2.75) is 25.8 Å². The van der Waals surface area contributed by atoms with E-state index in [1.165, 1.54) is 0 Å². The lowest BCUT2D eigenvalue weighted by Crippen LogP contribution is -2.34. The molecule has 0 spiro atoms. The van der Waals surface area contributed by atoms with E-state index in [4.69, 9.17) is 13.9 Å². The summed E-state index contributed by atoms with van der Waals surface area (Å²) in [4.78, 5) is 2.14. The fourth-order valence-corrected chi connectivity index (χ4v) is 3.07.